The maximum atomic E-state index is 6.22. The Morgan fingerprint density at radius 3 is 2.55 bits per heavy atom. The predicted molar refractivity (Wildman–Crippen MR) is 132 cm³/mol. The summed E-state index contributed by atoms with van der Waals surface area (Å²) in [5.41, 5.74) is 7.06. The maximum absolute atomic E-state index is 6.22. The van der Waals surface area contributed by atoms with Gasteiger partial charge in [0.15, 0.2) is 11.4 Å². The molecule has 2 aromatic carbocycles. The van der Waals surface area contributed by atoms with Crippen LogP contribution in [-0.4, -0.2) is 9.97 Å². The Morgan fingerprint density at radius 2 is 1.81 bits per heavy atom. The molecule has 0 aliphatic heterocycles. The second-order valence-electron chi connectivity index (χ2n) is 7.06. The summed E-state index contributed by atoms with van der Waals surface area (Å²) in [4.78, 5) is 9.73. The highest BCUT2D eigenvalue weighted by molar-refractivity contribution is 6.07. The second-order valence-corrected chi connectivity index (χ2v) is 7.06. The minimum Gasteiger partial charge on any atom is -0.452 e. The van der Waals surface area contributed by atoms with Gasteiger partial charge in [-0.25, -0.2) is 9.97 Å². The fourth-order valence-corrected chi connectivity index (χ4v) is 3.66. The van der Waals surface area contributed by atoms with Crippen LogP contribution in [0.5, 0.6) is 0 Å². The number of para-hydroxylation sites is 1. The largest absolute Gasteiger partial charge is 0.452 e. The summed E-state index contributed by atoms with van der Waals surface area (Å²) in [6.07, 6.45) is 11.6. The van der Waals surface area contributed by atoms with Gasteiger partial charge in [-0.3, -0.25) is 0 Å². The lowest BCUT2D eigenvalue weighted by atomic mass is 10.0. The van der Waals surface area contributed by atoms with Crippen LogP contribution in [0.25, 0.3) is 44.5 Å². The molecule has 0 amide bonds. The van der Waals surface area contributed by atoms with E-state index in [1.165, 1.54) is 0 Å². The van der Waals surface area contributed by atoms with Crippen molar-refractivity contribution in [1.82, 2.24) is 9.97 Å². The van der Waals surface area contributed by atoms with E-state index in [9.17, 15) is 0 Å². The molecule has 0 aliphatic rings. The third kappa shape index (κ3) is 3.78. The van der Waals surface area contributed by atoms with E-state index in [4.69, 9.17) is 14.4 Å². The third-order valence-electron chi connectivity index (χ3n) is 5.12. The lowest BCUT2D eigenvalue weighted by molar-refractivity contribution is 0.667. The predicted octanol–water partition coefficient (Wildman–Crippen LogP) is 7.78. The summed E-state index contributed by atoms with van der Waals surface area (Å²) in [7, 11) is 0. The summed E-state index contributed by atoms with van der Waals surface area (Å²) in [6, 6.07) is 16.3. The Kier molecular flexibility index (Phi) is 5.76. The van der Waals surface area contributed by atoms with E-state index in [2.05, 4.69) is 43.5 Å². The average molecular weight is 405 g/mol. The number of allylic oxidation sites excluding steroid dienone is 8. The molecule has 2 heterocycles. The maximum Gasteiger partial charge on any atom is 0.180 e. The number of rotatable bonds is 6. The SMILES string of the molecule is C=C/C=C(\C=C)c1nc(-c2cccc(C(/C=C\C)=C/C)c2)c2oc3ccccc3c2n1. The van der Waals surface area contributed by atoms with Gasteiger partial charge in [0.25, 0.3) is 0 Å². The summed E-state index contributed by atoms with van der Waals surface area (Å²) in [5, 5.41) is 0.962. The van der Waals surface area contributed by atoms with Gasteiger partial charge < -0.3 is 4.42 Å². The molecule has 0 aliphatic carbocycles. The molecule has 2 aromatic heterocycles. The highest BCUT2D eigenvalue weighted by Gasteiger charge is 2.18. The third-order valence-corrected chi connectivity index (χ3v) is 5.12. The number of aromatic nitrogens is 2. The first kappa shape index (κ1) is 20.3. The zero-order valence-corrected chi connectivity index (χ0v) is 17.8. The van der Waals surface area contributed by atoms with E-state index in [0.717, 1.165) is 44.5 Å². The number of nitrogens with zero attached hydrogens (tertiary/aromatic N) is 2. The van der Waals surface area contributed by atoms with Crippen molar-refractivity contribution in [2.45, 2.75) is 13.8 Å². The number of benzene rings is 2. The topological polar surface area (TPSA) is 38.9 Å². The fraction of sp³-hybridized carbons (Fsp3) is 0.0714. The zero-order chi connectivity index (χ0) is 21.8. The van der Waals surface area contributed by atoms with Gasteiger partial charge in [0.05, 0.1) is 0 Å². The number of hydrogen-bond donors (Lipinski definition) is 0. The van der Waals surface area contributed by atoms with E-state index >= 15 is 0 Å². The quantitative estimate of drug-likeness (QED) is 0.308. The van der Waals surface area contributed by atoms with Crippen LogP contribution in [0.15, 0.2) is 103 Å². The van der Waals surface area contributed by atoms with Crippen LogP contribution in [0.4, 0.5) is 0 Å². The molecule has 0 spiro atoms. The van der Waals surface area contributed by atoms with Crippen molar-refractivity contribution in [3.63, 3.8) is 0 Å². The monoisotopic (exact) mass is 404 g/mol. The van der Waals surface area contributed by atoms with Crippen molar-refractivity contribution in [2.75, 3.05) is 0 Å². The van der Waals surface area contributed by atoms with Crippen molar-refractivity contribution < 1.29 is 4.42 Å². The summed E-state index contributed by atoms with van der Waals surface area (Å²) in [5.74, 6) is 0.592. The zero-order valence-electron chi connectivity index (χ0n) is 17.8. The number of furan rings is 1. The van der Waals surface area contributed by atoms with Crippen LogP contribution >= 0.6 is 0 Å². The van der Waals surface area contributed by atoms with E-state index in [-0.39, 0.29) is 0 Å². The van der Waals surface area contributed by atoms with Gasteiger partial charge in [0, 0.05) is 16.5 Å². The van der Waals surface area contributed by atoms with Crippen LogP contribution in [0, 0.1) is 0 Å². The Balaban J connectivity index is 2.04. The molecule has 0 N–H and O–H groups in total. The first-order chi connectivity index (χ1) is 15.2. The van der Waals surface area contributed by atoms with Gasteiger partial charge in [-0.1, -0.05) is 79.9 Å². The van der Waals surface area contributed by atoms with Crippen LogP contribution in [0.2, 0.25) is 0 Å². The van der Waals surface area contributed by atoms with Gasteiger partial charge in [0.1, 0.15) is 16.8 Å². The molecule has 4 rings (SSSR count). The lowest BCUT2D eigenvalue weighted by Gasteiger charge is -2.09. The first-order valence-electron chi connectivity index (χ1n) is 10.2. The van der Waals surface area contributed by atoms with Crippen LogP contribution < -0.4 is 0 Å². The van der Waals surface area contributed by atoms with Crippen molar-refractivity contribution in [2.24, 2.45) is 0 Å². The highest BCUT2D eigenvalue weighted by atomic mass is 16.3. The summed E-state index contributed by atoms with van der Waals surface area (Å²) in [6.45, 7) is 11.8. The van der Waals surface area contributed by atoms with E-state index in [0.29, 0.717) is 11.4 Å². The van der Waals surface area contributed by atoms with Gasteiger partial charge in [-0.2, -0.15) is 0 Å². The van der Waals surface area contributed by atoms with Gasteiger partial charge >= 0.3 is 0 Å². The molecule has 0 saturated carbocycles. The fourth-order valence-electron chi connectivity index (χ4n) is 3.66. The minimum atomic E-state index is 0.592. The van der Waals surface area contributed by atoms with Crippen LogP contribution in [0.3, 0.4) is 0 Å². The standard InChI is InChI=1S/C28H24N2O/c1-5-12-19(7-3)21-14-11-15-22(18-21)25-27-26(23-16-9-10-17-24(23)31-27)30-28(29-25)20(8-4)13-6-2/h5-18H,2,4H2,1,3H3/b12-5-,19-7+,20-13+. The van der Waals surface area contributed by atoms with Gasteiger partial charge in [0.2, 0.25) is 0 Å². The molecule has 0 saturated heterocycles. The van der Waals surface area contributed by atoms with Crippen LogP contribution in [-0.2, 0) is 0 Å². The van der Waals surface area contributed by atoms with E-state index in [1.54, 1.807) is 12.2 Å². The van der Waals surface area contributed by atoms with Crippen molar-refractivity contribution in [3.8, 4) is 11.3 Å². The molecule has 0 fully saturated rings. The molecule has 0 radical (unpaired) electrons. The average Bonchev–Trinajstić information content (AvgIpc) is 3.19. The number of fused-ring (bicyclic) bond motifs is 3. The van der Waals surface area contributed by atoms with Crippen molar-refractivity contribution >= 4 is 33.2 Å². The molecule has 0 bridgehead atoms. The summed E-state index contributed by atoms with van der Waals surface area (Å²) >= 11 is 0. The first-order valence-corrected chi connectivity index (χ1v) is 10.2. The molecule has 4 aromatic rings. The lowest BCUT2D eigenvalue weighted by Crippen LogP contribution is -1.97. The Labute approximate surface area is 182 Å². The normalized spacial score (nSPS) is 12.7. The molecule has 3 heteroatoms. The Bertz CT molecular complexity index is 1380. The Hall–Kier alpha value is -3.98. The van der Waals surface area contributed by atoms with Crippen molar-refractivity contribution in [1.29, 1.82) is 0 Å². The molecular weight excluding hydrogens is 380 g/mol. The van der Waals surface area contributed by atoms with Gasteiger partial charge in [-0.05, 0) is 43.2 Å². The molecule has 31 heavy (non-hydrogen) atoms. The number of hydrogen-bond acceptors (Lipinski definition) is 3. The Morgan fingerprint density at radius 1 is 0.968 bits per heavy atom. The van der Waals surface area contributed by atoms with E-state index in [1.807, 2.05) is 56.3 Å². The second kappa shape index (κ2) is 8.80. The molecular formula is C28H24N2O. The highest BCUT2D eigenvalue weighted by Crippen LogP contribution is 2.35. The molecule has 0 unspecified atom stereocenters. The van der Waals surface area contributed by atoms with E-state index < -0.39 is 0 Å². The molecule has 0 atom stereocenters. The summed E-state index contributed by atoms with van der Waals surface area (Å²) < 4.78 is 6.22. The van der Waals surface area contributed by atoms with Crippen molar-refractivity contribution in [3.05, 3.63) is 110 Å². The van der Waals surface area contributed by atoms with Crippen LogP contribution in [0.1, 0.15) is 25.2 Å². The molecule has 3 nitrogen and oxygen atoms in total. The molecule has 152 valence electrons. The minimum absolute atomic E-state index is 0.592. The van der Waals surface area contributed by atoms with Gasteiger partial charge in [-0.15, -0.1) is 0 Å². The smallest absolute Gasteiger partial charge is 0.180 e.